The first-order valence-electron chi connectivity index (χ1n) is 17.7. The number of aromatic nitrogens is 5. The molecule has 2 bridgehead atoms. The molecule has 3 heterocycles. The van der Waals surface area contributed by atoms with E-state index in [2.05, 4.69) is 31.6 Å². The van der Waals surface area contributed by atoms with Gasteiger partial charge in [-0.05, 0) is 72.9 Å². The van der Waals surface area contributed by atoms with Gasteiger partial charge < -0.3 is 15.4 Å². The van der Waals surface area contributed by atoms with Crippen LogP contribution >= 0.6 is 11.6 Å². The van der Waals surface area contributed by atoms with Crippen molar-refractivity contribution in [3.63, 3.8) is 0 Å². The molecule has 2 aromatic heterocycles. The standard InChI is InChI=1S/C37H37ClF4N10O3/c1-35(2,13-15-43)14-16-44-33-48-30(39)31-45-21-47-52(31)28-17-24(7-10-27(28)38)29(20-55-34(54)49-36(11-12-36)37(40,41)42)51(33)32(53)23-5-3-22(4-6-23)25-18-46-50(19-25)26-8-9-26/h3-7,10,17-19,21,26,29-30H,8-9,11-14,16,20H2,1-2H3,(H,44,48)(H,49,54)/t29-,30?/m1/s1. The van der Waals surface area contributed by atoms with Crippen molar-refractivity contribution in [2.45, 2.75) is 82.5 Å². The fraction of sp³-hybridized carbons (Fsp3) is 0.432. The molecule has 2 saturated carbocycles. The number of ether oxygens (including phenoxy) is 1. The third-order valence-electron chi connectivity index (χ3n) is 10.0. The number of halogens is 5. The summed E-state index contributed by atoms with van der Waals surface area (Å²) in [7, 11) is 0. The zero-order valence-corrected chi connectivity index (χ0v) is 30.6. The molecule has 7 rings (SSSR count). The first-order chi connectivity index (χ1) is 26.2. The van der Waals surface area contributed by atoms with Crippen LogP contribution in [-0.4, -0.2) is 72.3 Å². The van der Waals surface area contributed by atoms with Gasteiger partial charge in [0.1, 0.15) is 18.5 Å². The lowest BCUT2D eigenvalue weighted by Gasteiger charge is -2.34. The lowest BCUT2D eigenvalue weighted by molar-refractivity contribution is -0.164. The molecular weight excluding hydrogens is 744 g/mol. The van der Waals surface area contributed by atoms with Crippen molar-refractivity contribution < 1.29 is 31.9 Å². The van der Waals surface area contributed by atoms with E-state index in [-0.39, 0.29) is 53.9 Å². The van der Waals surface area contributed by atoms with Crippen LogP contribution in [0.25, 0.3) is 16.8 Å². The Labute approximate surface area is 318 Å². The number of nitrogens with one attached hydrogen (secondary N) is 2. The van der Waals surface area contributed by atoms with Crippen molar-refractivity contribution in [2.75, 3.05) is 13.2 Å². The van der Waals surface area contributed by atoms with Crippen LogP contribution in [0.15, 0.2) is 66.2 Å². The molecular formula is C37H37ClF4N10O3. The van der Waals surface area contributed by atoms with Gasteiger partial charge in [-0.3, -0.25) is 14.4 Å². The molecule has 2 fully saturated rings. The van der Waals surface area contributed by atoms with Gasteiger partial charge in [0.2, 0.25) is 5.96 Å². The SMILES string of the molecule is CC(C)(CC#N)CCN/C1=N\C(F)c2ncnn2-c2cc(ccc2Cl)[C@@H](COC(=O)NC2(C(F)(F)F)CC2)N1C(=O)c1ccc(-c2cnn(C3CC3)c2)cc1. The second-order valence-electron chi connectivity index (χ2n) is 14.7. The highest BCUT2D eigenvalue weighted by Crippen LogP contribution is 2.49. The maximum absolute atomic E-state index is 16.4. The summed E-state index contributed by atoms with van der Waals surface area (Å²) < 4.78 is 66.1. The maximum atomic E-state index is 16.4. The van der Waals surface area contributed by atoms with E-state index >= 15 is 4.39 Å². The predicted molar refractivity (Wildman–Crippen MR) is 192 cm³/mol. The van der Waals surface area contributed by atoms with Crippen molar-refractivity contribution in [3.8, 4) is 22.9 Å². The van der Waals surface area contributed by atoms with E-state index in [9.17, 15) is 28.0 Å². The number of nitriles is 1. The van der Waals surface area contributed by atoms with Crippen molar-refractivity contribution in [1.29, 1.82) is 5.26 Å². The number of carbonyl (C=O) groups is 2. The Morgan fingerprint density at radius 3 is 2.51 bits per heavy atom. The highest BCUT2D eigenvalue weighted by atomic mass is 35.5. The number of amides is 2. The molecule has 2 aromatic carbocycles. The Morgan fingerprint density at radius 2 is 1.84 bits per heavy atom. The molecule has 0 radical (unpaired) electrons. The van der Waals surface area contributed by atoms with E-state index in [0.717, 1.165) is 39.9 Å². The van der Waals surface area contributed by atoms with E-state index in [1.165, 1.54) is 12.1 Å². The average molecular weight is 781 g/mol. The third-order valence-corrected chi connectivity index (χ3v) is 10.3. The number of alkyl carbamates (subject to hydrolysis) is 1. The van der Waals surface area contributed by atoms with E-state index in [1.54, 1.807) is 36.5 Å². The summed E-state index contributed by atoms with van der Waals surface area (Å²) in [4.78, 5) is 37.3. The molecule has 0 saturated heterocycles. The van der Waals surface area contributed by atoms with Gasteiger partial charge in [0.25, 0.3) is 12.2 Å². The highest BCUT2D eigenvalue weighted by molar-refractivity contribution is 6.32. The highest BCUT2D eigenvalue weighted by Gasteiger charge is 2.64. The normalized spacial score (nSPS) is 20.0. The molecule has 55 heavy (non-hydrogen) atoms. The van der Waals surface area contributed by atoms with Gasteiger partial charge in [-0.1, -0.05) is 43.6 Å². The van der Waals surface area contributed by atoms with Crippen molar-refractivity contribution >= 4 is 29.6 Å². The minimum atomic E-state index is -4.70. The second-order valence-corrected chi connectivity index (χ2v) is 15.1. The summed E-state index contributed by atoms with van der Waals surface area (Å²) in [6, 6.07) is 12.4. The number of carbonyl (C=O) groups excluding carboxylic acids is 2. The van der Waals surface area contributed by atoms with Crippen LogP contribution in [0.5, 0.6) is 0 Å². The van der Waals surface area contributed by atoms with Crippen LogP contribution in [0.1, 0.15) is 92.5 Å². The molecule has 2 amide bonds. The fourth-order valence-electron chi connectivity index (χ4n) is 6.34. The topological polar surface area (TPSA) is 155 Å². The lowest BCUT2D eigenvalue weighted by Crippen LogP contribution is -2.51. The van der Waals surface area contributed by atoms with Crippen molar-refractivity contribution in [2.24, 2.45) is 10.4 Å². The number of hydrogen-bond donors (Lipinski definition) is 2. The Hall–Kier alpha value is -5.50. The number of rotatable bonds is 10. The minimum Gasteiger partial charge on any atom is -0.447 e. The van der Waals surface area contributed by atoms with Crippen LogP contribution in [0.2, 0.25) is 5.02 Å². The number of fused-ring (bicyclic) bond motifs is 4. The molecule has 4 aromatic rings. The zero-order valence-electron chi connectivity index (χ0n) is 29.9. The zero-order chi connectivity index (χ0) is 39.1. The molecule has 2 N–H and O–H groups in total. The molecule has 18 heteroatoms. The van der Waals surface area contributed by atoms with Crippen LogP contribution in [0, 0.1) is 16.7 Å². The summed E-state index contributed by atoms with van der Waals surface area (Å²) in [6.07, 6.45) is -1.36. The molecule has 2 atom stereocenters. The predicted octanol–water partition coefficient (Wildman–Crippen LogP) is 7.38. The Bertz CT molecular complexity index is 2150. The number of hydrogen-bond acceptors (Lipinski definition) is 9. The summed E-state index contributed by atoms with van der Waals surface area (Å²) in [6.45, 7) is 3.20. The number of alkyl halides is 4. The summed E-state index contributed by atoms with van der Waals surface area (Å²) in [5, 5.41) is 23.1. The van der Waals surface area contributed by atoms with Crippen molar-refractivity contribution in [1.82, 2.24) is 40.1 Å². The van der Waals surface area contributed by atoms with Gasteiger partial charge in [-0.15, -0.1) is 0 Å². The van der Waals surface area contributed by atoms with Gasteiger partial charge in [-0.25, -0.2) is 23.8 Å². The van der Waals surface area contributed by atoms with E-state index in [4.69, 9.17) is 16.3 Å². The van der Waals surface area contributed by atoms with Gasteiger partial charge in [0.15, 0.2) is 5.82 Å². The Balaban J connectivity index is 1.30. The van der Waals surface area contributed by atoms with Gasteiger partial charge in [0, 0.05) is 30.3 Å². The summed E-state index contributed by atoms with van der Waals surface area (Å²) >= 11 is 6.56. The van der Waals surface area contributed by atoms with Crippen LogP contribution in [0.3, 0.4) is 0 Å². The van der Waals surface area contributed by atoms with E-state index < -0.39 is 48.1 Å². The Morgan fingerprint density at radius 1 is 1.09 bits per heavy atom. The number of benzene rings is 2. The van der Waals surface area contributed by atoms with E-state index in [0.29, 0.717) is 18.0 Å². The van der Waals surface area contributed by atoms with Gasteiger partial charge in [0.05, 0.1) is 35.1 Å². The smallest absolute Gasteiger partial charge is 0.411 e. The van der Waals surface area contributed by atoms with Crippen LogP contribution < -0.4 is 10.6 Å². The first-order valence-corrected chi connectivity index (χ1v) is 18.1. The Kier molecular flexibility index (Phi) is 10.1. The van der Waals surface area contributed by atoms with Crippen molar-refractivity contribution in [3.05, 3.63) is 83.2 Å². The molecule has 1 unspecified atom stereocenters. The molecule has 3 aliphatic rings. The van der Waals surface area contributed by atoms with E-state index in [1.807, 2.05) is 30.0 Å². The maximum Gasteiger partial charge on any atom is 0.411 e. The average Bonchev–Trinajstić information content (AvgIpc) is 4.04. The van der Waals surface area contributed by atoms with Gasteiger partial charge in [-0.2, -0.15) is 28.6 Å². The molecule has 1 aliphatic heterocycles. The summed E-state index contributed by atoms with van der Waals surface area (Å²) in [5.74, 6) is -1.23. The minimum absolute atomic E-state index is 0.120. The molecule has 13 nitrogen and oxygen atoms in total. The number of aliphatic imine (C=N–C) groups is 1. The second kappa shape index (κ2) is 14.6. The quantitative estimate of drug-likeness (QED) is 0.125. The molecule has 2 aliphatic carbocycles. The number of guanidine groups is 1. The lowest BCUT2D eigenvalue weighted by atomic mass is 9.86. The van der Waals surface area contributed by atoms with Gasteiger partial charge >= 0.3 is 12.3 Å². The summed E-state index contributed by atoms with van der Waals surface area (Å²) in [5.41, 5.74) is -0.630. The first kappa shape index (κ1) is 37.8. The van der Waals surface area contributed by atoms with Crippen LogP contribution in [0.4, 0.5) is 22.4 Å². The number of nitrogens with zero attached hydrogens (tertiary/aromatic N) is 8. The van der Waals surface area contributed by atoms with Crippen LogP contribution in [-0.2, 0) is 4.74 Å². The molecule has 288 valence electrons. The molecule has 0 spiro atoms. The third kappa shape index (κ3) is 8.00. The monoisotopic (exact) mass is 780 g/mol. The fourth-order valence-corrected chi connectivity index (χ4v) is 6.53. The largest absolute Gasteiger partial charge is 0.447 e.